The first-order chi connectivity index (χ1) is 9.20. The molecule has 1 fully saturated rings. The first kappa shape index (κ1) is 12.6. The lowest BCUT2D eigenvalue weighted by Gasteiger charge is -2.28. The van der Waals surface area contributed by atoms with Crippen LogP contribution >= 0.6 is 11.6 Å². The van der Waals surface area contributed by atoms with Gasteiger partial charge in [0, 0.05) is 10.6 Å². The van der Waals surface area contributed by atoms with Crippen LogP contribution < -0.4 is 0 Å². The first-order valence-corrected chi connectivity index (χ1v) is 6.15. The monoisotopic (exact) mass is 281 g/mol. The van der Waals surface area contributed by atoms with E-state index >= 15 is 0 Å². The zero-order valence-electron chi connectivity index (χ0n) is 9.94. The van der Waals surface area contributed by atoms with Gasteiger partial charge in [0.1, 0.15) is 25.8 Å². The van der Waals surface area contributed by atoms with Crippen molar-refractivity contribution >= 4 is 11.6 Å². The highest BCUT2D eigenvalue weighted by Crippen LogP contribution is 2.38. The van der Waals surface area contributed by atoms with Crippen LogP contribution in [-0.4, -0.2) is 32.8 Å². The van der Waals surface area contributed by atoms with E-state index < -0.39 is 12.1 Å². The quantitative estimate of drug-likeness (QED) is 0.914. The van der Waals surface area contributed by atoms with Crippen LogP contribution in [0.4, 0.5) is 0 Å². The van der Waals surface area contributed by atoms with E-state index in [9.17, 15) is 5.11 Å². The van der Waals surface area contributed by atoms with Crippen LogP contribution in [0.3, 0.4) is 0 Å². The number of rotatable bonds is 3. The maximum absolute atomic E-state index is 9.61. The number of aromatic nitrogens is 3. The number of ether oxygens (including phenoxy) is 2. The van der Waals surface area contributed by atoms with Crippen LogP contribution in [0.15, 0.2) is 36.9 Å². The zero-order valence-corrected chi connectivity index (χ0v) is 10.7. The second-order valence-corrected chi connectivity index (χ2v) is 4.62. The highest BCUT2D eigenvalue weighted by Gasteiger charge is 2.44. The van der Waals surface area contributed by atoms with E-state index in [0.29, 0.717) is 10.6 Å². The van der Waals surface area contributed by atoms with Crippen molar-refractivity contribution in [3.63, 3.8) is 0 Å². The molecule has 2 unspecified atom stereocenters. The lowest BCUT2D eigenvalue weighted by Crippen LogP contribution is -2.34. The number of benzene rings is 1. The average Bonchev–Trinajstić information content (AvgIpc) is 3.01. The summed E-state index contributed by atoms with van der Waals surface area (Å²) in [6.45, 7) is 0.341. The minimum atomic E-state index is -1.15. The maximum Gasteiger partial charge on any atom is 0.219 e. The molecule has 1 aliphatic heterocycles. The van der Waals surface area contributed by atoms with Gasteiger partial charge in [-0.1, -0.05) is 29.8 Å². The van der Waals surface area contributed by atoms with Crippen LogP contribution in [0, 0.1) is 0 Å². The number of nitrogens with zero attached hydrogens (tertiary/aromatic N) is 3. The van der Waals surface area contributed by atoms with Gasteiger partial charge in [0.2, 0.25) is 5.79 Å². The predicted octanol–water partition coefficient (Wildman–Crippen LogP) is 1.15. The summed E-state index contributed by atoms with van der Waals surface area (Å²) in [6.07, 6.45) is 1.99. The fourth-order valence-electron chi connectivity index (χ4n) is 2.10. The smallest absolute Gasteiger partial charge is 0.219 e. The highest BCUT2D eigenvalue weighted by atomic mass is 35.5. The summed E-state index contributed by atoms with van der Waals surface area (Å²) in [4.78, 5) is 3.88. The van der Waals surface area contributed by atoms with Crippen molar-refractivity contribution < 1.29 is 14.6 Å². The fraction of sp³-hybridized carbons (Fsp3) is 0.333. The molecule has 6 nitrogen and oxygen atoms in total. The molecule has 0 radical (unpaired) electrons. The second kappa shape index (κ2) is 4.90. The van der Waals surface area contributed by atoms with E-state index in [1.807, 2.05) is 12.1 Å². The van der Waals surface area contributed by atoms with Crippen LogP contribution in [0.1, 0.15) is 5.56 Å². The summed E-state index contributed by atoms with van der Waals surface area (Å²) in [6, 6.07) is 7.21. The number of halogens is 1. The minimum Gasteiger partial charge on any atom is -0.366 e. The summed E-state index contributed by atoms with van der Waals surface area (Å²) in [5.74, 6) is -1.15. The highest BCUT2D eigenvalue weighted by molar-refractivity contribution is 6.31. The van der Waals surface area contributed by atoms with Crippen LogP contribution in [-0.2, 0) is 21.8 Å². The van der Waals surface area contributed by atoms with Gasteiger partial charge in [-0.25, -0.2) is 9.67 Å². The molecule has 0 spiro atoms. The first-order valence-electron chi connectivity index (χ1n) is 5.77. The van der Waals surface area contributed by atoms with Crippen molar-refractivity contribution in [3.8, 4) is 0 Å². The van der Waals surface area contributed by atoms with E-state index in [4.69, 9.17) is 21.1 Å². The van der Waals surface area contributed by atoms with Crippen molar-refractivity contribution in [2.24, 2.45) is 0 Å². The molecular formula is C12H12ClN3O3. The van der Waals surface area contributed by atoms with E-state index in [1.165, 1.54) is 6.33 Å². The van der Waals surface area contributed by atoms with Crippen LogP contribution in [0.25, 0.3) is 0 Å². The predicted molar refractivity (Wildman–Crippen MR) is 66.2 cm³/mol. The standard InChI is InChI=1S/C12H12ClN3O3/c13-10-4-2-1-3-9(10)12(18-5-11(17)19-12)6-16-8-14-7-15-16/h1-4,7-8,11,17H,5-6H2. The Bertz CT molecular complexity index is 563. The zero-order chi connectivity index (χ0) is 13.3. The van der Waals surface area contributed by atoms with E-state index in [0.717, 1.165) is 0 Å². The van der Waals surface area contributed by atoms with Gasteiger partial charge >= 0.3 is 0 Å². The third-order valence-corrected chi connectivity index (χ3v) is 3.24. The summed E-state index contributed by atoms with van der Waals surface area (Å²) >= 11 is 6.19. The molecule has 1 aromatic heterocycles. The molecule has 2 atom stereocenters. The Morgan fingerprint density at radius 3 is 2.95 bits per heavy atom. The second-order valence-electron chi connectivity index (χ2n) is 4.21. The Labute approximate surface area is 114 Å². The van der Waals surface area contributed by atoms with Gasteiger partial charge in [-0.2, -0.15) is 5.10 Å². The molecule has 2 aromatic rings. The summed E-state index contributed by atoms with van der Waals surface area (Å²) in [5, 5.41) is 14.1. The van der Waals surface area contributed by atoms with E-state index in [1.54, 1.807) is 23.1 Å². The van der Waals surface area contributed by atoms with Crippen molar-refractivity contribution in [1.29, 1.82) is 0 Å². The van der Waals surface area contributed by atoms with Gasteiger partial charge in [0.25, 0.3) is 0 Å². The molecule has 0 bridgehead atoms. The molecule has 0 amide bonds. The molecule has 1 aromatic carbocycles. The third kappa shape index (κ3) is 2.35. The molecule has 1 aliphatic rings. The number of hydrogen-bond acceptors (Lipinski definition) is 5. The Morgan fingerprint density at radius 1 is 1.47 bits per heavy atom. The van der Waals surface area contributed by atoms with Crippen LogP contribution in [0.5, 0.6) is 0 Å². The molecule has 19 heavy (non-hydrogen) atoms. The molecule has 0 aliphatic carbocycles. The normalized spacial score (nSPS) is 26.7. The minimum absolute atomic E-state index is 0.0833. The molecule has 100 valence electrons. The summed E-state index contributed by atoms with van der Waals surface area (Å²) in [7, 11) is 0. The summed E-state index contributed by atoms with van der Waals surface area (Å²) in [5.41, 5.74) is 0.656. The molecule has 2 heterocycles. The molecular weight excluding hydrogens is 270 g/mol. The molecule has 7 heteroatoms. The van der Waals surface area contributed by atoms with Gasteiger partial charge in [-0.3, -0.25) is 0 Å². The SMILES string of the molecule is OC1COC(Cn2cncn2)(c2ccccc2Cl)O1. The fourth-order valence-corrected chi connectivity index (χ4v) is 2.38. The summed E-state index contributed by atoms with van der Waals surface area (Å²) < 4.78 is 12.8. The Morgan fingerprint density at radius 2 is 2.32 bits per heavy atom. The van der Waals surface area contributed by atoms with Crippen molar-refractivity contribution in [1.82, 2.24) is 14.8 Å². The van der Waals surface area contributed by atoms with Crippen LogP contribution in [0.2, 0.25) is 5.02 Å². The average molecular weight is 282 g/mol. The van der Waals surface area contributed by atoms with Gasteiger partial charge < -0.3 is 14.6 Å². The van der Waals surface area contributed by atoms with Crippen molar-refractivity contribution in [2.75, 3.05) is 6.61 Å². The van der Waals surface area contributed by atoms with Crippen molar-refractivity contribution in [3.05, 3.63) is 47.5 Å². The Hall–Kier alpha value is -1.47. The lowest BCUT2D eigenvalue weighted by atomic mass is 10.1. The molecule has 0 saturated carbocycles. The molecule has 1 saturated heterocycles. The van der Waals surface area contributed by atoms with E-state index in [2.05, 4.69) is 10.1 Å². The molecule has 3 rings (SSSR count). The molecule has 1 N–H and O–H groups in total. The number of aliphatic hydroxyl groups excluding tert-OH is 1. The number of hydrogen-bond donors (Lipinski definition) is 1. The van der Waals surface area contributed by atoms with E-state index in [-0.39, 0.29) is 13.2 Å². The maximum atomic E-state index is 9.61. The Balaban J connectivity index is 2.00. The van der Waals surface area contributed by atoms with Gasteiger partial charge in [-0.05, 0) is 6.07 Å². The third-order valence-electron chi connectivity index (χ3n) is 2.91. The van der Waals surface area contributed by atoms with Gasteiger partial charge in [-0.15, -0.1) is 0 Å². The van der Waals surface area contributed by atoms with Gasteiger partial charge in [0.15, 0.2) is 6.29 Å². The van der Waals surface area contributed by atoms with Gasteiger partial charge in [0.05, 0.1) is 0 Å². The Kier molecular flexibility index (Phi) is 3.24. The number of aliphatic hydroxyl groups is 1. The van der Waals surface area contributed by atoms with Crippen molar-refractivity contribution in [2.45, 2.75) is 18.6 Å². The topological polar surface area (TPSA) is 69.4 Å². The lowest BCUT2D eigenvalue weighted by molar-refractivity contribution is -0.215. The largest absolute Gasteiger partial charge is 0.366 e.